The maximum Gasteiger partial charge on any atom is 0.235 e. The van der Waals surface area contributed by atoms with Gasteiger partial charge in [-0.15, -0.1) is 0 Å². The third-order valence-electron chi connectivity index (χ3n) is 6.60. The van der Waals surface area contributed by atoms with Gasteiger partial charge in [-0.2, -0.15) is 5.26 Å². The van der Waals surface area contributed by atoms with Crippen LogP contribution < -0.4 is 5.32 Å². The zero-order chi connectivity index (χ0) is 18.3. The summed E-state index contributed by atoms with van der Waals surface area (Å²) in [6.07, 6.45) is 6.15. The molecule has 4 rings (SSSR count). The molecule has 26 heavy (non-hydrogen) atoms. The molecule has 3 saturated carbocycles. The highest BCUT2D eigenvalue weighted by Crippen LogP contribution is 2.58. The number of fused-ring (bicyclic) bond motifs is 5. The molecule has 138 valence electrons. The van der Waals surface area contributed by atoms with Crippen LogP contribution in [0.2, 0.25) is 0 Å². The van der Waals surface area contributed by atoms with E-state index in [9.17, 15) is 13.2 Å². The minimum Gasteiger partial charge on any atom is -0.352 e. The lowest BCUT2D eigenvalue weighted by atomic mass is 9.79. The van der Waals surface area contributed by atoms with E-state index in [2.05, 4.69) is 5.32 Å². The predicted octanol–water partition coefficient (Wildman–Crippen LogP) is 2.41. The number of sulfone groups is 1. The molecule has 1 aromatic carbocycles. The minimum absolute atomic E-state index is 0.164. The number of nitrogens with one attached hydrogen (secondary N) is 1. The van der Waals surface area contributed by atoms with Crippen LogP contribution in [0.25, 0.3) is 0 Å². The second-order valence-electron chi connectivity index (χ2n) is 8.17. The van der Waals surface area contributed by atoms with Crippen LogP contribution in [0.3, 0.4) is 0 Å². The molecule has 0 saturated heterocycles. The lowest BCUT2D eigenvalue weighted by Crippen LogP contribution is -2.44. The van der Waals surface area contributed by atoms with Gasteiger partial charge in [0.05, 0.1) is 17.4 Å². The predicted molar refractivity (Wildman–Crippen MR) is 97.6 cm³/mol. The molecule has 2 bridgehead atoms. The van der Waals surface area contributed by atoms with Gasteiger partial charge in [0, 0.05) is 6.04 Å². The third-order valence-corrected chi connectivity index (χ3v) is 8.07. The van der Waals surface area contributed by atoms with E-state index >= 15 is 0 Å². The molecule has 6 heteroatoms. The molecule has 1 N–H and O–H groups in total. The average molecular weight is 372 g/mol. The van der Waals surface area contributed by atoms with Gasteiger partial charge in [-0.3, -0.25) is 4.79 Å². The van der Waals surface area contributed by atoms with Gasteiger partial charge in [0.15, 0.2) is 9.84 Å². The Balaban J connectivity index is 1.33. The maximum absolute atomic E-state index is 12.4. The van der Waals surface area contributed by atoms with Gasteiger partial charge in [0.2, 0.25) is 5.91 Å². The fourth-order valence-corrected chi connectivity index (χ4v) is 6.95. The van der Waals surface area contributed by atoms with Gasteiger partial charge in [0.25, 0.3) is 0 Å². The number of hydrogen-bond donors (Lipinski definition) is 1. The monoisotopic (exact) mass is 372 g/mol. The lowest BCUT2D eigenvalue weighted by molar-refractivity contribution is -0.119. The highest BCUT2D eigenvalue weighted by atomic mass is 32.2. The van der Waals surface area contributed by atoms with Crippen molar-refractivity contribution in [1.82, 2.24) is 5.32 Å². The number of rotatable bonds is 5. The van der Waals surface area contributed by atoms with Gasteiger partial charge in [0.1, 0.15) is 5.75 Å². The summed E-state index contributed by atoms with van der Waals surface area (Å²) in [6.45, 7) is 0. The number of nitrogens with zero attached hydrogens (tertiary/aromatic N) is 1. The van der Waals surface area contributed by atoms with Crippen molar-refractivity contribution in [2.45, 2.75) is 43.9 Å². The van der Waals surface area contributed by atoms with Crippen LogP contribution in [-0.4, -0.2) is 26.1 Å². The molecule has 0 aromatic heterocycles. The van der Waals surface area contributed by atoms with E-state index in [4.69, 9.17) is 5.26 Å². The van der Waals surface area contributed by atoms with Gasteiger partial charge in [-0.25, -0.2) is 8.42 Å². The highest BCUT2D eigenvalue weighted by molar-refractivity contribution is 7.91. The molecule has 1 amide bonds. The SMILES string of the molecule is N#Cc1ccc(CS(=O)(=O)CC(=O)N[C@@H]2C[C@H]3C[C@H]2[C@H]2CCC[C@@H]32)cc1. The fourth-order valence-electron chi connectivity index (χ4n) is 5.66. The Morgan fingerprint density at radius 3 is 2.58 bits per heavy atom. The first-order valence-electron chi connectivity index (χ1n) is 9.44. The Hall–Kier alpha value is -1.87. The summed E-state index contributed by atoms with van der Waals surface area (Å²) >= 11 is 0. The van der Waals surface area contributed by atoms with Crippen molar-refractivity contribution in [2.75, 3.05) is 5.75 Å². The zero-order valence-corrected chi connectivity index (χ0v) is 15.5. The number of hydrogen-bond acceptors (Lipinski definition) is 4. The van der Waals surface area contributed by atoms with E-state index in [1.54, 1.807) is 24.3 Å². The van der Waals surface area contributed by atoms with Gasteiger partial charge < -0.3 is 5.32 Å². The number of nitriles is 1. The van der Waals surface area contributed by atoms with Crippen LogP contribution in [0.4, 0.5) is 0 Å². The Morgan fingerprint density at radius 1 is 1.12 bits per heavy atom. The third kappa shape index (κ3) is 3.37. The Kier molecular flexibility index (Phi) is 4.52. The number of carbonyl (C=O) groups is 1. The molecule has 5 nitrogen and oxygen atoms in total. The summed E-state index contributed by atoms with van der Waals surface area (Å²) in [4.78, 5) is 12.3. The topological polar surface area (TPSA) is 87.0 Å². The molecular formula is C20H24N2O3S. The lowest BCUT2D eigenvalue weighted by Gasteiger charge is -2.32. The smallest absolute Gasteiger partial charge is 0.235 e. The molecule has 0 aliphatic heterocycles. The molecule has 0 spiro atoms. The first-order valence-corrected chi connectivity index (χ1v) is 11.3. The summed E-state index contributed by atoms with van der Waals surface area (Å²) < 4.78 is 24.7. The van der Waals surface area contributed by atoms with Crippen LogP contribution in [-0.2, 0) is 20.4 Å². The fraction of sp³-hybridized carbons (Fsp3) is 0.600. The van der Waals surface area contributed by atoms with Crippen LogP contribution in [0.15, 0.2) is 24.3 Å². The van der Waals surface area contributed by atoms with Gasteiger partial charge >= 0.3 is 0 Å². The molecule has 0 radical (unpaired) electrons. The van der Waals surface area contributed by atoms with E-state index < -0.39 is 15.6 Å². The van der Waals surface area contributed by atoms with Crippen molar-refractivity contribution in [1.29, 1.82) is 5.26 Å². The number of benzene rings is 1. The second kappa shape index (κ2) is 6.70. The summed E-state index contributed by atoms with van der Waals surface area (Å²) in [7, 11) is -3.52. The summed E-state index contributed by atoms with van der Waals surface area (Å²) in [5.74, 6) is 1.88. The quantitative estimate of drug-likeness (QED) is 0.860. The van der Waals surface area contributed by atoms with Crippen molar-refractivity contribution in [2.24, 2.45) is 23.7 Å². The van der Waals surface area contributed by atoms with Crippen molar-refractivity contribution < 1.29 is 13.2 Å². The summed E-state index contributed by atoms with van der Waals surface area (Å²) in [5.41, 5.74) is 1.09. The molecule has 1 aromatic rings. The zero-order valence-electron chi connectivity index (χ0n) is 14.7. The Bertz CT molecular complexity index is 841. The normalized spacial score (nSPS) is 32.2. The van der Waals surface area contributed by atoms with Crippen molar-refractivity contribution in [3.8, 4) is 6.07 Å². The molecule has 3 aliphatic carbocycles. The van der Waals surface area contributed by atoms with Crippen LogP contribution in [0, 0.1) is 35.0 Å². The second-order valence-corrected chi connectivity index (χ2v) is 10.2. The largest absolute Gasteiger partial charge is 0.352 e. The van der Waals surface area contributed by atoms with Crippen molar-refractivity contribution in [3.05, 3.63) is 35.4 Å². The van der Waals surface area contributed by atoms with E-state index in [1.165, 1.54) is 25.7 Å². The van der Waals surface area contributed by atoms with E-state index in [1.807, 2.05) is 6.07 Å². The van der Waals surface area contributed by atoms with Crippen molar-refractivity contribution >= 4 is 15.7 Å². The summed E-state index contributed by atoms with van der Waals surface area (Å²) in [5, 5.41) is 11.8. The van der Waals surface area contributed by atoms with Crippen LogP contribution in [0.5, 0.6) is 0 Å². The first-order chi connectivity index (χ1) is 12.4. The van der Waals surface area contributed by atoms with E-state index in [-0.39, 0.29) is 17.7 Å². The first kappa shape index (κ1) is 17.5. The molecule has 3 aliphatic rings. The van der Waals surface area contributed by atoms with Gasteiger partial charge in [-0.05, 0) is 67.1 Å². The molecule has 0 unspecified atom stereocenters. The standard InChI is InChI=1S/C20H24N2O3S/c21-10-13-4-6-14(7-5-13)11-26(24,25)12-20(23)22-19-9-15-8-18(19)17-3-1-2-16(15)17/h4-7,15-19H,1-3,8-9,11-12H2,(H,22,23)/t15-,16+,17+,18+,19-/m1/s1. The van der Waals surface area contributed by atoms with Crippen molar-refractivity contribution in [3.63, 3.8) is 0 Å². The molecule has 0 heterocycles. The summed E-state index contributed by atoms with van der Waals surface area (Å²) in [6, 6.07) is 8.62. The highest BCUT2D eigenvalue weighted by Gasteiger charge is 2.54. The van der Waals surface area contributed by atoms with E-state index in [0.29, 0.717) is 17.0 Å². The number of carbonyl (C=O) groups excluding carboxylic acids is 1. The Morgan fingerprint density at radius 2 is 1.85 bits per heavy atom. The maximum atomic E-state index is 12.4. The van der Waals surface area contributed by atoms with Crippen LogP contribution >= 0.6 is 0 Å². The van der Waals surface area contributed by atoms with Crippen LogP contribution in [0.1, 0.15) is 43.2 Å². The molecule has 3 fully saturated rings. The number of amides is 1. The van der Waals surface area contributed by atoms with Gasteiger partial charge in [-0.1, -0.05) is 18.6 Å². The average Bonchev–Trinajstić information content (AvgIpc) is 3.27. The Labute approximate surface area is 154 Å². The van der Waals surface area contributed by atoms with E-state index in [0.717, 1.165) is 24.2 Å². The molecular weight excluding hydrogens is 348 g/mol. The minimum atomic E-state index is -3.52. The molecule has 5 atom stereocenters.